The van der Waals surface area contributed by atoms with E-state index in [1.165, 1.54) is 0 Å². The van der Waals surface area contributed by atoms with Crippen molar-refractivity contribution in [3.05, 3.63) is 23.8 Å². The van der Waals surface area contributed by atoms with Gasteiger partial charge in [0.2, 0.25) is 0 Å². The van der Waals surface area contributed by atoms with Gasteiger partial charge in [-0.1, -0.05) is 0 Å². The highest BCUT2D eigenvalue weighted by atomic mass is 35.5. The molecule has 1 aromatic rings. The molecule has 0 amide bonds. The van der Waals surface area contributed by atoms with Gasteiger partial charge in [-0.05, 0) is 12.1 Å². The SMILES string of the molecule is Cl.N[C@@H](C[C@H](O)c1ccc(O)cc1O)C(F)(F)F. The maximum atomic E-state index is 12.2. The number of halogens is 4. The molecule has 1 rings (SSSR count). The second-order valence-electron chi connectivity index (χ2n) is 3.64. The van der Waals surface area contributed by atoms with Gasteiger partial charge in [-0.25, -0.2) is 0 Å². The zero-order chi connectivity index (χ0) is 13.2. The highest BCUT2D eigenvalue weighted by molar-refractivity contribution is 5.85. The molecule has 0 saturated heterocycles. The number of hydrogen-bond donors (Lipinski definition) is 4. The van der Waals surface area contributed by atoms with Crippen molar-refractivity contribution < 1.29 is 28.5 Å². The van der Waals surface area contributed by atoms with Crippen molar-refractivity contribution >= 4 is 12.4 Å². The van der Waals surface area contributed by atoms with Crippen molar-refractivity contribution in [3.63, 3.8) is 0 Å². The summed E-state index contributed by atoms with van der Waals surface area (Å²) in [6, 6.07) is 1.04. The molecule has 8 heteroatoms. The third-order valence-electron chi connectivity index (χ3n) is 2.27. The lowest BCUT2D eigenvalue weighted by atomic mass is 10.0. The number of alkyl halides is 3. The van der Waals surface area contributed by atoms with Crippen molar-refractivity contribution in [2.75, 3.05) is 0 Å². The van der Waals surface area contributed by atoms with Gasteiger partial charge in [0.15, 0.2) is 0 Å². The average molecular weight is 288 g/mol. The number of rotatable bonds is 3. The third-order valence-corrected chi connectivity index (χ3v) is 2.27. The minimum atomic E-state index is -4.60. The number of aromatic hydroxyl groups is 2. The van der Waals surface area contributed by atoms with Crippen molar-refractivity contribution in [2.45, 2.75) is 24.7 Å². The molecule has 0 spiro atoms. The smallest absolute Gasteiger partial charge is 0.403 e. The van der Waals surface area contributed by atoms with Gasteiger partial charge in [-0.15, -0.1) is 12.4 Å². The summed E-state index contributed by atoms with van der Waals surface area (Å²) in [6.45, 7) is 0. The van der Waals surface area contributed by atoms with Crippen molar-refractivity contribution in [3.8, 4) is 11.5 Å². The van der Waals surface area contributed by atoms with E-state index in [4.69, 9.17) is 10.8 Å². The van der Waals surface area contributed by atoms with Gasteiger partial charge < -0.3 is 21.1 Å². The van der Waals surface area contributed by atoms with Crippen LogP contribution in [0.1, 0.15) is 18.1 Å². The van der Waals surface area contributed by atoms with Crippen LogP contribution >= 0.6 is 12.4 Å². The van der Waals surface area contributed by atoms with E-state index in [0.717, 1.165) is 18.2 Å². The lowest BCUT2D eigenvalue weighted by molar-refractivity contribution is -0.153. The minimum Gasteiger partial charge on any atom is -0.508 e. The molecule has 4 nitrogen and oxygen atoms in total. The first-order valence-corrected chi connectivity index (χ1v) is 4.74. The van der Waals surface area contributed by atoms with E-state index in [1.54, 1.807) is 0 Å². The van der Waals surface area contributed by atoms with E-state index in [9.17, 15) is 23.4 Å². The molecule has 0 saturated carbocycles. The molecule has 2 atom stereocenters. The van der Waals surface area contributed by atoms with E-state index in [0.29, 0.717) is 0 Å². The minimum absolute atomic E-state index is 0. The second kappa shape index (κ2) is 6.12. The van der Waals surface area contributed by atoms with Crippen LogP contribution in [0.15, 0.2) is 18.2 Å². The molecule has 0 unspecified atom stereocenters. The standard InChI is InChI=1S/C10H12F3NO3.ClH/c11-10(12,13)9(14)4-8(17)6-2-1-5(15)3-7(6)16;/h1-3,8-9,15-17H,4,14H2;1H/t8-,9-;/m0./s1. The molecule has 5 N–H and O–H groups in total. The van der Waals surface area contributed by atoms with Crippen molar-refractivity contribution in [2.24, 2.45) is 5.73 Å². The van der Waals surface area contributed by atoms with Gasteiger partial charge in [-0.2, -0.15) is 13.2 Å². The lowest BCUT2D eigenvalue weighted by Gasteiger charge is -2.19. The Hall–Kier alpha value is -1.18. The van der Waals surface area contributed by atoms with Crippen LogP contribution in [0.5, 0.6) is 11.5 Å². The van der Waals surface area contributed by atoms with Crippen LogP contribution in [0, 0.1) is 0 Å². The first-order chi connectivity index (χ1) is 7.71. The summed E-state index contributed by atoms with van der Waals surface area (Å²) in [7, 11) is 0. The van der Waals surface area contributed by atoms with Crippen LogP contribution in [0.4, 0.5) is 13.2 Å². The topological polar surface area (TPSA) is 86.7 Å². The van der Waals surface area contributed by atoms with Gasteiger partial charge in [-0.3, -0.25) is 0 Å². The van der Waals surface area contributed by atoms with Crippen LogP contribution in [-0.4, -0.2) is 27.5 Å². The predicted octanol–water partition coefficient (Wildman–Crippen LogP) is 1.83. The fourth-order valence-corrected chi connectivity index (χ4v) is 1.31. The van der Waals surface area contributed by atoms with E-state index < -0.39 is 30.5 Å². The first-order valence-electron chi connectivity index (χ1n) is 4.74. The van der Waals surface area contributed by atoms with Gasteiger partial charge in [0.25, 0.3) is 0 Å². The van der Waals surface area contributed by atoms with E-state index in [1.807, 2.05) is 0 Å². The van der Waals surface area contributed by atoms with Gasteiger partial charge in [0.1, 0.15) is 17.5 Å². The highest BCUT2D eigenvalue weighted by Crippen LogP contribution is 2.32. The number of aliphatic hydroxyl groups is 1. The summed E-state index contributed by atoms with van der Waals surface area (Å²) in [6.07, 6.45) is -6.91. The molecule has 0 heterocycles. The number of nitrogens with two attached hydrogens (primary N) is 1. The summed E-state index contributed by atoms with van der Waals surface area (Å²) in [5, 5.41) is 27.8. The molecule has 1 aromatic carbocycles. The lowest BCUT2D eigenvalue weighted by Crippen LogP contribution is -2.38. The Morgan fingerprint density at radius 2 is 1.78 bits per heavy atom. The third kappa shape index (κ3) is 4.25. The summed E-state index contributed by atoms with van der Waals surface area (Å²) in [5.41, 5.74) is 4.74. The Labute approximate surface area is 107 Å². The van der Waals surface area contributed by atoms with E-state index >= 15 is 0 Å². The van der Waals surface area contributed by atoms with Crippen LogP contribution in [-0.2, 0) is 0 Å². The Morgan fingerprint density at radius 3 is 2.22 bits per heavy atom. The normalized spacial score (nSPS) is 14.7. The zero-order valence-electron chi connectivity index (χ0n) is 9.05. The summed E-state index contributed by atoms with van der Waals surface area (Å²) >= 11 is 0. The highest BCUT2D eigenvalue weighted by Gasteiger charge is 2.38. The maximum Gasteiger partial charge on any atom is 0.403 e. The number of phenolic OH excluding ortho intramolecular Hbond substituents is 2. The monoisotopic (exact) mass is 287 g/mol. The summed E-state index contributed by atoms with van der Waals surface area (Å²) in [5.74, 6) is -0.731. The Balaban J connectivity index is 0.00000289. The molecule has 0 aliphatic rings. The van der Waals surface area contributed by atoms with Crippen molar-refractivity contribution in [1.29, 1.82) is 0 Å². The molecule has 0 aromatic heterocycles. The fourth-order valence-electron chi connectivity index (χ4n) is 1.31. The largest absolute Gasteiger partial charge is 0.508 e. The molecular formula is C10H13ClF3NO3. The number of hydrogen-bond acceptors (Lipinski definition) is 4. The number of benzene rings is 1. The second-order valence-corrected chi connectivity index (χ2v) is 3.64. The molecule has 0 fully saturated rings. The fraction of sp³-hybridized carbons (Fsp3) is 0.400. The van der Waals surface area contributed by atoms with Gasteiger partial charge in [0.05, 0.1) is 6.10 Å². The Morgan fingerprint density at radius 1 is 1.22 bits per heavy atom. The quantitative estimate of drug-likeness (QED) is 0.683. The zero-order valence-corrected chi connectivity index (χ0v) is 9.87. The predicted molar refractivity (Wildman–Crippen MR) is 60.6 cm³/mol. The Kier molecular flexibility index (Phi) is 5.72. The molecule has 0 aliphatic carbocycles. The van der Waals surface area contributed by atoms with Gasteiger partial charge >= 0.3 is 6.18 Å². The Bertz CT molecular complexity index is 400. The maximum absolute atomic E-state index is 12.2. The summed E-state index contributed by atoms with van der Waals surface area (Å²) < 4.78 is 36.5. The first kappa shape index (κ1) is 16.8. The van der Waals surface area contributed by atoms with Crippen LogP contribution in [0.3, 0.4) is 0 Å². The summed E-state index contributed by atoms with van der Waals surface area (Å²) in [4.78, 5) is 0. The van der Waals surface area contributed by atoms with Crippen LogP contribution in [0.25, 0.3) is 0 Å². The van der Waals surface area contributed by atoms with Crippen LogP contribution < -0.4 is 5.73 Å². The van der Waals surface area contributed by atoms with Gasteiger partial charge in [0, 0.05) is 18.1 Å². The number of phenols is 2. The average Bonchev–Trinajstić information content (AvgIpc) is 2.15. The molecule has 104 valence electrons. The number of aliphatic hydroxyl groups excluding tert-OH is 1. The molecular weight excluding hydrogens is 275 g/mol. The van der Waals surface area contributed by atoms with E-state index in [-0.39, 0.29) is 23.7 Å². The molecule has 0 radical (unpaired) electrons. The van der Waals surface area contributed by atoms with Crippen molar-refractivity contribution in [1.82, 2.24) is 0 Å². The van der Waals surface area contributed by atoms with Crippen LogP contribution in [0.2, 0.25) is 0 Å². The molecule has 18 heavy (non-hydrogen) atoms. The van der Waals surface area contributed by atoms with E-state index in [2.05, 4.69) is 0 Å². The molecule has 0 aliphatic heterocycles. The molecule has 0 bridgehead atoms.